The van der Waals surface area contributed by atoms with Gasteiger partial charge in [0, 0.05) is 27.7 Å². The van der Waals surface area contributed by atoms with Crippen LogP contribution in [0, 0.1) is 10.1 Å². The summed E-state index contributed by atoms with van der Waals surface area (Å²) in [4.78, 5) is 40.6. The van der Waals surface area contributed by atoms with Crippen molar-refractivity contribution in [2.24, 2.45) is 5.10 Å². The Bertz CT molecular complexity index is 1160. The minimum atomic E-state index is -0.776. The third kappa shape index (κ3) is 4.10. The van der Waals surface area contributed by atoms with E-state index < -0.39 is 16.4 Å². The van der Waals surface area contributed by atoms with Gasteiger partial charge in [-0.3, -0.25) is 19.7 Å². The molecule has 1 aromatic heterocycles. The monoisotopic (exact) mass is 405 g/mol. The second-order valence-electron chi connectivity index (χ2n) is 5.24. The molecule has 0 saturated carbocycles. The summed E-state index contributed by atoms with van der Waals surface area (Å²) in [7, 11) is 0. The Morgan fingerprint density at radius 2 is 2.04 bits per heavy atom. The summed E-state index contributed by atoms with van der Waals surface area (Å²) >= 11 is 11.8. The summed E-state index contributed by atoms with van der Waals surface area (Å²) in [5.41, 5.74) is 1.88. The van der Waals surface area contributed by atoms with Crippen LogP contribution in [0.25, 0.3) is 10.9 Å². The first-order valence-electron chi connectivity index (χ1n) is 7.32. The highest BCUT2D eigenvalue weighted by molar-refractivity contribution is 6.35. The van der Waals surface area contributed by atoms with E-state index in [1.54, 1.807) is 18.2 Å². The van der Waals surface area contributed by atoms with Crippen LogP contribution in [0.15, 0.2) is 46.3 Å². The highest BCUT2D eigenvalue weighted by Crippen LogP contribution is 2.19. The van der Waals surface area contributed by atoms with Crippen molar-refractivity contribution in [2.45, 2.75) is 0 Å². The normalized spacial score (nSPS) is 11.0. The van der Waals surface area contributed by atoms with Crippen LogP contribution in [0.5, 0.6) is 0 Å². The predicted molar refractivity (Wildman–Crippen MR) is 101 cm³/mol. The Kier molecular flexibility index (Phi) is 5.15. The Morgan fingerprint density at radius 1 is 1.26 bits per heavy atom. The number of rotatable bonds is 4. The number of carbonyl (C=O) groups excluding carboxylic acids is 1. The van der Waals surface area contributed by atoms with Gasteiger partial charge in [-0.2, -0.15) is 5.10 Å². The lowest BCUT2D eigenvalue weighted by Gasteiger charge is -2.02. The van der Waals surface area contributed by atoms with Crippen LogP contribution in [-0.4, -0.2) is 27.0 Å². The summed E-state index contributed by atoms with van der Waals surface area (Å²) in [6.45, 7) is 0. The van der Waals surface area contributed by atoms with Gasteiger partial charge in [0.15, 0.2) is 0 Å². The first-order valence-corrected chi connectivity index (χ1v) is 8.07. The van der Waals surface area contributed by atoms with Crippen molar-refractivity contribution in [3.05, 3.63) is 78.3 Å². The van der Waals surface area contributed by atoms with E-state index in [1.807, 2.05) is 0 Å². The number of aromatic amines is 1. The van der Waals surface area contributed by atoms with Crippen molar-refractivity contribution >= 4 is 51.9 Å². The standard InChI is InChI=1S/C16H9Cl2N5O4/c17-9-1-3-12(18)8(5-9)7-19-22-16(25)14-20-13-4-2-10(23(26)27)6-11(13)15(24)21-14/h1-7H,(H,22,25)(H,20,21,24). The molecule has 0 bridgehead atoms. The van der Waals surface area contributed by atoms with Crippen LogP contribution < -0.4 is 11.0 Å². The largest absolute Gasteiger partial charge is 0.307 e. The number of benzene rings is 2. The molecule has 136 valence electrons. The first-order chi connectivity index (χ1) is 12.8. The van der Waals surface area contributed by atoms with Crippen LogP contribution in [0.1, 0.15) is 16.2 Å². The number of aromatic nitrogens is 2. The fourth-order valence-electron chi connectivity index (χ4n) is 2.17. The molecule has 3 aromatic rings. The molecule has 2 N–H and O–H groups in total. The number of hydrogen-bond acceptors (Lipinski definition) is 6. The molecule has 1 amide bonds. The molecule has 0 spiro atoms. The van der Waals surface area contributed by atoms with Crippen molar-refractivity contribution in [2.75, 3.05) is 0 Å². The van der Waals surface area contributed by atoms with Crippen molar-refractivity contribution in [3.63, 3.8) is 0 Å². The number of nitro groups is 1. The van der Waals surface area contributed by atoms with Crippen molar-refractivity contribution in [1.82, 2.24) is 15.4 Å². The molecule has 9 nitrogen and oxygen atoms in total. The third-order valence-corrected chi connectivity index (χ3v) is 4.02. The predicted octanol–water partition coefficient (Wildman–Crippen LogP) is 2.90. The molecule has 0 aliphatic heterocycles. The Morgan fingerprint density at radius 3 is 2.78 bits per heavy atom. The summed E-state index contributed by atoms with van der Waals surface area (Å²) in [6, 6.07) is 8.30. The maximum Gasteiger partial charge on any atom is 0.307 e. The number of hydrazone groups is 1. The highest BCUT2D eigenvalue weighted by atomic mass is 35.5. The van der Waals surface area contributed by atoms with Crippen LogP contribution >= 0.6 is 23.2 Å². The lowest BCUT2D eigenvalue weighted by Crippen LogP contribution is -2.24. The van der Waals surface area contributed by atoms with Gasteiger partial charge in [0.05, 0.1) is 22.0 Å². The molecule has 27 heavy (non-hydrogen) atoms. The lowest BCUT2D eigenvalue weighted by molar-refractivity contribution is -0.384. The molecule has 0 saturated heterocycles. The number of hydrogen-bond donors (Lipinski definition) is 2. The van der Waals surface area contributed by atoms with E-state index in [0.29, 0.717) is 15.6 Å². The van der Waals surface area contributed by atoms with E-state index in [-0.39, 0.29) is 22.4 Å². The molecule has 1 heterocycles. The van der Waals surface area contributed by atoms with E-state index >= 15 is 0 Å². The average molecular weight is 406 g/mol. The molecule has 0 atom stereocenters. The van der Waals surface area contributed by atoms with Gasteiger partial charge < -0.3 is 4.98 Å². The zero-order chi connectivity index (χ0) is 19.6. The van der Waals surface area contributed by atoms with Gasteiger partial charge in [-0.25, -0.2) is 10.4 Å². The fraction of sp³-hybridized carbons (Fsp3) is 0. The van der Waals surface area contributed by atoms with Crippen LogP contribution in [-0.2, 0) is 0 Å². The van der Waals surface area contributed by atoms with Gasteiger partial charge in [-0.15, -0.1) is 0 Å². The average Bonchev–Trinajstić information content (AvgIpc) is 2.64. The highest BCUT2D eigenvalue weighted by Gasteiger charge is 2.14. The van der Waals surface area contributed by atoms with Gasteiger partial charge in [0.25, 0.3) is 11.2 Å². The molecule has 0 radical (unpaired) electrons. The smallest absolute Gasteiger partial charge is 0.302 e. The van der Waals surface area contributed by atoms with E-state index in [2.05, 4.69) is 20.5 Å². The Labute approximate surface area is 160 Å². The van der Waals surface area contributed by atoms with Gasteiger partial charge >= 0.3 is 5.91 Å². The summed E-state index contributed by atoms with van der Waals surface area (Å²) < 4.78 is 0. The number of carbonyl (C=O) groups is 1. The van der Waals surface area contributed by atoms with Crippen molar-refractivity contribution < 1.29 is 9.72 Å². The number of nitro benzene ring substituents is 1. The number of halogens is 2. The number of fused-ring (bicyclic) bond motifs is 1. The maximum atomic E-state index is 12.1. The molecular weight excluding hydrogens is 397 g/mol. The minimum Gasteiger partial charge on any atom is -0.302 e. The zero-order valence-electron chi connectivity index (χ0n) is 13.3. The SMILES string of the molecule is O=C(NN=Cc1cc(Cl)ccc1Cl)c1nc2ccc([N+](=O)[O-])cc2c(=O)[nH]1. The fourth-order valence-corrected chi connectivity index (χ4v) is 2.52. The molecule has 0 aliphatic rings. The number of H-pyrrole nitrogens is 1. The van der Waals surface area contributed by atoms with E-state index in [9.17, 15) is 19.7 Å². The minimum absolute atomic E-state index is 0.00467. The maximum absolute atomic E-state index is 12.1. The number of amides is 1. The van der Waals surface area contributed by atoms with Gasteiger partial charge in [0.2, 0.25) is 5.82 Å². The third-order valence-electron chi connectivity index (χ3n) is 3.44. The molecule has 11 heteroatoms. The number of nitrogens with one attached hydrogen (secondary N) is 2. The van der Waals surface area contributed by atoms with Gasteiger partial charge in [-0.05, 0) is 24.3 Å². The molecule has 0 unspecified atom stereocenters. The molecule has 0 fully saturated rings. The lowest BCUT2D eigenvalue weighted by atomic mass is 10.2. The molecule has 3 rings (SSSR count). The number of non-ortho nitro benzene ring substituents is 1. The second kappa shape index (κ2) is 7.52. The van der Waals surface area contributed by atoms with Crippen LogP contribution in [0.3, 0.4) is 0 Å². The van der Waals surface area contributed by atoms with E-state index in [1.165, 1.54) is 18.3 Å². The quantitative estimate of drug-likeness (QED) is 0.391. The Balaban J connectivity index is 1.84. The first kappa shape index (κ1) is 18.5. The summed E-state index contributed by atoms with van der Waals surface area (Å²) in [5, 5.41) is 15.4. The van der Waals surface area contributed by atoms with Gasteiger partial charge in [0.1, 0.15) is 0 Å². The molecule has 2 aromatic carbocycles. The van der Waals surface area contributed by atoms with Gasteiger partial charge in [-0.1, -0.05) is 23.2 Å². The van der Waals surface area contributed by atoms with Crippen molar-refractivity contribution in [1.29, 1.82) is 0 Å². The zero-order valence-corrected chi connectivity index (χ0v) is 14.8. The second-order valence-corrected chi connectivity index (χ2v) is 6.08. The van der Waals surface area contributed by atoms with E-state index in [4.69, 9.17) is 23.2 Å². The Hall–Kier alpha value is -3.30. The topological polar surface area (TPSA) is 130 Å². The number of nitrogens with zero attached hydrogens (tertiary/aromatic N) is 3. The van der Waals surface area contributed by atoms with Crippen molar-refractivity contribution in [3.8, 4) is 0 Å². The summed E-state index contributed by atoms with van der Waals surface area (Å²) in [6.07, 6.45) is 1.29. The summed E-state index contributed by atoms with van der Waals surface area (Å²) in [5.74, 6) is -1.07. The van der Waals surface area contributed by atoms with Crippen LogP contribution in [0.2, 0.25) is 10.0 Å². The molecule has 0 aliphatic carbocycles. The van der Waals surface area contributed by atoms with E-state index in [0.717, 1.165) is 6.07 Å². The molecular formula is C16H9Cl2N5O4. The van der Waals surface area contributed by atoms with Crippen LogP contribution in [0.4, 0.5) is 5.69 Å².